The highest BCUT2D eigenvalue weighted by atomic mass is 32.1. The first-order valence-electron chi connectivity index (χ1n) is 8.32. The van der Waals surface area contributed by atoms with Crippen LogP contribution < -0.4 is 10.9 Å². The summed E-state index contributed by atoms with van der Waals surface area (Å²) in [5, 5.41) is 8.57. The maximum absolute atomic E-state index is 12.0. The van der Waals surface area contributed by atoms with Crippen LogP contribution in [0.2, 0.25) is 0 Å². The van der Waals surface area contributed by atoms with Gasteiger partial charge in [0.05, 0.1) is 0 Å². The lowest BCUT2D eigenvalue weighted by atomic mass is 9.99. The molecule has 1 fully saturated rings. The summed E-state index contributed by atoms with van der Waals surface area (Å²) >= 11 is 1.46. The summed E-state index contributed by atoms with van der Waals surface area (Å²) in [6.45, 7) is 4.19. The van der Waals surface area contributed by atoms with Gasteiger partial charge in [-0.3, -0.25) is 4.79 Å². The lowest BCUT2D eigenvalue weighted by molar-refractivity contribution is 0.467. The van der Waals surface area contributed by atoms with Crippen molar-refractivity contribution in [2.24, 2.45) is 5.92 Å². The Kier molecular flexibility index (Phi) is 4.76. The number of aromatic nitrogens is 3. The molecule has 0 spiro atoms. The zero-order valence-electron chi connectivity index (χ0n) is 13.3. The SMILES string of the molecule is CCc1cc(=O)n2nc(NC(C)CCC3CCCC3)sc2n1. The second kappa shape index (κ2) is 6.77. The average molecular weight is 320 g/mol. The molecule has 1 atom stereocenters. The molecule has 0 bridgehead atoms. The van der Waals surface area contributed by atoms with Crippen LogP contribution in [0, 0.1) is 5.92 Å². The van der Waals surface area contributed by atoms with E-state index in [9.17, 15) is 4.79 Å². The van der Waals surface area contributed by atoms with Crippen LogP contribution in [0.5, 0.6) is 0 Å². The molecule has 1 aliphatic rings. The van der Waals surface area contributed by atoms with Crippen LogP contribution in [-0.4, -0.2) is 20.6 Å². The molecule has 6 heteroatoms. The van der Waals surface area contributed by atoms with Gasteiger partial charge in [-0.15, -0.1) is 5.10 Å². The number of anilines is 1. The zero-order chi connectivity index (χ0) is 15.5. The van der Waals surface area contributed by atoms with Crippen molar-refractivity contribution < 1.29 is 0 Å². The number of nitrogens with zero attached hydrogens (tertiary/aromatic N) is 3. The average Bonchev–Trinajstić information content (AvgIpc) is 3.14. The van der Waals surface area contributed by atoms with Gasteiger partial charge in [-0.05, 0) is 32.1 Å². The monoisotopic (exact) mass is 320 g/mol. The van der Waals surface area contributed by atoms with E-state index in [2.05, 4.69) is 22.3 Å². The predicted molar refractivity (Wildman–Crippen MR) is 90.8 cm³/mol. The molecule has 1 unspecified atom stereocenters. The summed E-state index contributed by atoms with van der Waals surface area (Å²) < 4.78 is 1.40. The van der Waals surface area contributed by atoms with Crippen LogP contribution in [0.15, 0.2) is 10.9 Å². The third-order valence-corrected chi connectivity index (χ3v) is 5.35. The molecule has 0 amide bonds. The minimum absolute atomic E-state index is 0.0928. The normalized spacial score (nSPS) is 17.2. The quantitative estimate of drug-likeness (QED) is 0.885. The highest BCUT2D eigenvalue weighted by Crippen LogP contribution is 2.29. The highest BCUT2D eigenvalue weighted by molar-refractivity contribution is 7.20. The molecule has 1 N–H and O–H groups in total. The topological polar surface area (TPSA) is 59.3 Å². The maximum atomic E-state index is 12.0. The van der Waals surface area contributed by atoms with Gasteiger partial charge in [0, 0.05) is 17.8 Å². The maximum Gasteiger partial charge on any atom is 0.275 e. The van der Waals surface area contributed by atoms with Gasteiger partial charge in [0.2, 0.25) is 10.1 Å². The Morgan fingerprint density at radius 2 is 2.23 bits per heavy atom. The largest absolute Gasteiger partial charge is 0.358 e. The molecular weight excluding hydrogens is 296 g/mol. The highest BCUT2D eigenvalue weighted by Gasteiger charge is 2.16. The van der Waals surface area contributed by atoms with Crippen molar-refractivity contribution in [2.45, 2.75) is 64.8 Å². The third-order valence-electron chi connectivity index (χ3n) is 4.51. The minimum Gasteiger partial charge on any atom is -0.358 e. The molecule has 0 aromatic carbocycles. The van der Waals surface area contributed by atoms with Crippen molar-refractivity contribution in [3.63, 3.8) is 0 Å². The fourth-order valence-corrected chi connectivity index (χ4v) is 4.10. The van der Waals surface area contributed by atoms with E-state index in [1.807, 2.05) is 6.92 Å². The van der Waals surface area contributed by atoms with E-state index in [1.165, 1.54) is 48.0 Å². The zero-order valence-corrected chi connectivity index (χ0v) is 14.2. The Hall–Kier alpha value is -1.43. The Morgan fingerprint density at radius 1 is 1.45 bits per heavy atom. The van der Waals surface area contributed by atoms with Gasteiger partial charge in [0.15, 0.2) is 0 Å². The Bertz CT molecular complexity index is 687. The first-order valence-corrected chi connectivity index (χ1v) is 9.13. The van der Waals surface area contributed by atoms with E-state index >= 15 is 0 Å². The van der Waals surface area contributed by atoms with Gasteiger partial charge in [0.25, 0.3) is 5.56 Å². The molecule has 120 valence electrons. The fourth-order valence-electron chi connectivity index (χ4n) is 3.16. The van der Waals surface area contributed by atoms with Gasteiger partial charge in [-0.25, -0.2) is 4.98 Å². The van der Waals surface area contributed by atoms with Crippen LogP contribution >= 0.6 is 11.3 Å². The van der Waals surface area contributed by atoms with E-state index < -0.39 is 0 Å². The van der Waals surface area contributed by atoms with Crippen LogP contribution in [0.25, 0.3) is 4.96 Å². The number of rotatable bonds is 6. The van der Waals surface area contributed by atoms with Crippen LogP contribution in [0.1, 0.15) is 58.1 Å². The molecule has 1 aliphatic carbocycles. The van der Waals surface area contributed by atoms with Gasteiger partial charge in [-0.1, -0.05) is 43.9 Å². The van der Waals surface area contributed by atoms with Crippen molar-refractivity contribution in [1.82, 2.24) is 14.6 Å². The van der Waals surface area contributed by atoms with Gasteiger partial charge in [-0.2, -0.15) is 4.52 Å². The van der Waals surface area contributed by atoms with Crippen molar-refractivity contribution in [1.29, 1.82) is 0 Å². The number of aryl methyl sites for hydroxylation is 1. The molecule has 2 heterocycles. The first-order chi connectivity index (χ1) is 10.7. The molecule has 22 heavy (non-hydrogen) atoms. The Balaban J connectivity index is 1.65. The van der Waals surface area contributed by atoms with E-state index in [1.54, 1.807) is 6.07 Å². The standard InChI is InChI=1S/C16H24N4OS/c1-3-13-10-14(21)20-16(18-13)22-15(19-20)17-11(2)8-9-12-6-4-5-7-12/h10-12H,3-9H2,1-2H3,(H,17,19). The number of nitrogens with one attached hydrogen (secondary N) is 1. The van der Waals surface area contributed by atoms with E-state index in [0.717, 1.165) is 29.6 Å². The summed E-state index contributed by atoms with van der Waals surface area (Å²) in [5.74, 6) is 0.913. The van der Waals surface area contributed by atoms with Crippen molar-refractivity contribution >= 4 is 21.4 Å². The summed E-state index contributed by atoms with van der Waals surface area (Å²) in [5.41, 5.74) is 0.735. The van der Waals surface area contributed by atoms with E-state index in [-0.39, 0.29) is 5.56 Å². The van der Waals surface area contributed by atoms with Crippen molar-refractivity contribution in [3.8, 4) is 0 Å². The fraction of sp³-hybridized carbons (Fsp3) is 0.688. The summed E-state index contributed by atoms with van der Waals surface area (Å²) in [4.78, 5) is 17.1. The molecule has 2 aromatic rings. The molecule has 0 aliphatic heterocycles. The molecular formula is C16H24N4OS. The summed E-state index contributed by atoms with van der Waals surface area (Å²) in [6.07, 6.45) is 8.81. The number of fused-ring (bicyclic) bond motifs is 1. The van der Waals surface area contributed by atoms with E-state index in [4.69, 9.17) is 0 Å². The molecule has 0 radical (unpaired) electrons. The summed E-state index contributed by atoms with van der Waals surface area (Å²) in [6, 6.07) is 1.95. The van der Waals surface area contributed by atoms with Crippen LogP contribution in [-0.2, 0) is 6.42 Å². The molecule has 2 aromatic heterocycles. The van der Waals surface area contributed by atoms with Crippen LogP contribution in [0.3, 0.4) is 0 Å². The molecule has 1 saturated carbocycles. The number of hydrogen-bond acceptors (Lipinski definition) is 5. The lowest BCUT2D eigenvalue weighted by Gasteiger charge is -2.15. The predicted octanol–water partition coefficient (Wildman–Crippen LogP) is 3.48. The van der Waals surface area contributed by atoms with Crippen molar-refractivity contribution in [2.75, 3.05) is 5.32 Å². The number of hydrogen-bond donors (Lipinski definition) is 1. The second-order valence-electron chi connectivity index (χ2n) is 6.31. The van der Waals surface area contributed by atoms with Crippen LogP contribution in [0.4, 0.5) is 5.13 Å². The lowest BCUT2D eigenvalue weighted by Crippen LogP contribution is -2.18. The van der Waals surface area contributed by atoms with Gasteiger partial charge >= 0.3 is 0 Å². The minimum atomic E-state index is -0.0928. The molecule has 3 rings (SSSR count). The second-order valence-corrected chi connectivity index (χ2v) is 7.27. The third kappa shape index (κ3) is 3.48. The first kappa shape index (κ1) is 15.5. The smallest absolute Gasteiger partial charge is 0.275 e. The summed E-state index contributed by atoms with van der Waals surface area (Å²) in [7, 11) is 0. The van der Waals surface area contributed by atoms with E-state index in [0.29, 0.717) is 11.0 Å². The van der Waals surface area contributed by atoms with Crippen molar-refractivity contribution in [3.05, 3.63) is 22.1 Å². The van der Waals surface area contributed by atoms with Gasteiger partial charge < -0.3 is 5.32 Å². The van der Waals surface area contributed by atoms with Gasteiger partial charge in [0.1, 0.15) is 0 Å². The molecule has 5 nitrogen and oxygen atoms in total. The Morgan fingerprint density at radius 3 is 2.95 bits per heavy atom. The Labute approximate surface area is 134 Å². The molecule has 0 saturated heterocycles.